The predicted octanol–water partition coefficient (Wildman–Crippen LogP) is 12.8. The Bertz CT molecular complexity index is 2470. The summed E-state index contributed by atoms with van der Waals surface area (Å²) >= 11 is 0. The third kappa shape index (κ3) is 5.43. The van der Waals surface area contributed by atoms with Gasteiger partial charge in [-0.05, 0) is 90.3 Å². The highest BCUT2D eigenvalue weighted by Gasteiger charge is 2.19. The van der Waals surface area contributed by atoms with E-state index in [2.05, 4.69) is 168 Å². The van der Waals surface area contributed by atoms with Gasteiger partial charge in [0.1, 0.15) is 0 Å². The number of aromatic nitrogens is 2. The fourth-order valence-corrected chi connectivity index (χ4v) is 7.19. The van der Waals surface area contributed by atoms with Gasteiger partial charge in [0.05, 0.1) is 0 Å². The highest BCUT2D eigenvalue weighted by Crippen LogP contribution is 2.46. The number of hydrogen-bond donors (Lipinski definition) is 0. The fraction of sp³-hybridized carbons (Fsp3) is 0. The first-order valence-electron chi connectivity index (χ1n) is 17.0. The lowest BCUT2D eigenvalue weighted by atomic mass is 9.84. The minimum absolute atomic E-state index is 1.09. The zero-order chi connectivity index (χ0) is 33.3. The van der Waals surface area contributed by atoms with Crippen LogP contribution >= 0.6 is 0 Å². The molecule has 234 valence electrons. The first kappa shape index (κ1) is 29.5. The zero-order valence-electron chi connectivity index (χ0n) is 27.4. The summed E-state index contributed by atoms with van der Waals surface area (Å²) in [4.78, 5) is 9.36. The summed E-state index contributed by atoms with van der Waals surface area (Å²) in [7, 11) is 0. The number of nitrogens with zero attached hydrogens (tertiary/aromatic N) is 2. The van der Waals surface area contributed by atoms with Crippen molar-refractivity contribution in [2.24, 2.45) is 0 Å². The second kappa shape index (κ2) is 12.8. The summed E-state index contributed by atoms with van der Waals surface area (Å²) in [6.07, 6.45) is 7.83. The SMILES string of the molecule is c1ccc(-c2cncc(-c3ccc4c(-c5ccccc5)c5ccc(-c6cncc(-c7ccccc7)c6)cc5c(-c5ccccc5)c4c3)c2)cc1. The second-order valence-electron chi connectivity index (χ2n) is 12.7. The molecule has 0 unspecified atom stereocenters. The molecule has 50 heavy (non-hydrogen) atoms. The van der Waals surface area contributed by atoms with Crippen molar-refractivity contribution in [3.8, 4) is 66.8 Å². The molecule has 9 aromatic rings. The molecule has 0 bridgehead atoms. The number of fused-ring (bicyclic) bond motifs is 2. The van der Waals surface area contributed by atoms with Gasteiger partial charge in [-0.3, -0.25) is 9.97 Å². The quantitative estimate of drug-likeness (QED) is 0.170. The average molecular weight is 637 g/mol. The largest absolute Gasteiger partial charge is 0.263 e. The van der Waals surface area contributed by atoms with Gasteiger partial charge in [0, 0.05) is 47.0 Å². The maximum atomic E-state index is 4.68. The van der Waals surface area contributed by atoms with Crippen molar-refractivity contribution >= 4 is 21.5 Å². The Labute approximate surface area is 292 Å². The smallest absolute Gasteiger partial charge is 0.0346 e. The molecule has 2 heteroatoms. The topological polar surface area (TPSA) is 25.8 Å². The van der Waals surface area contributed by atoms with Crippen LogP contribution in [0.2, 0.25) is 0 Å². The standard InChI is InChI=1S/C48H32N2/c1-5-13-33(14-6-1)39-25-41(31-49-29-39)37-21-23-43-45(27-37)48(36-19-11-4-12-20-36)46-28-38(22-24-44(46)47(43)35-17-9-3-10-18-35)42-26-40(30-50-32-42)34-15-7-2-8-16-34/h1-32H. The van der Waals surface area contributed by atoms with E-state index in [0.717, 1.165) is 44.5 Å². The average Bonchev–Trinajstić information content (AvgIpc) is 3.21. The Balaban J connectivity index is 1.33. The van der Waals surface area contributed by atoms with Gasteiger partial charge >= 0.3 is 0 Å². The number of hydrogen-bond acceptors (Lipinski definition) is 2. The molecule has 0 atom stereocenters. The van der Waals surface area contributed by atoms with E-state index >= 15 is 0 Å². The predicted molar refractivity (Wildman–Crippen MR) is 210 cm³/mol. The van der Waals surface area contributed by atoms with Crippen molar-refractivity contribution in [1.29, 1.82) is 0 Å². The van der Waals surface area contributed by atoms with Gasteiger partial charge in [-0.25, -0.2) is 0 Å². The lowest BCUT2D eigenvalue weighted by molar-refractivity contribution is 1.33. The van der Waals surface area contributed by atoms with Crippen LogP contribution in [0.3, 0.4) is 0 Å². The minimum Gasteiger partial charge on any atom is -0.263 e. The molecule has 2 aromatic heterocycles. The molecule has 2 nitrogen and oxygen atoms in total. The van der Waals surface area contributed by atoms with E-state index in [1.807, 2.05) is 36.9 Å². The Morgan fingerprint density at radius 1 is 0.220 bits per heavy atom. The van der Waals surface area contributed by atoms with Gasteiger partial charge in [-0.2, -0.15) is 0 Å². The zero-order valence-corrected chi connectivity index (χ0v) is 27.4. The Kier molecular flexibility index (Phi) is 7.53. The summed E-state index contributed by atoms with van der Waals surface area (Å²) in [5.41, 5.74) is 13.8. The first-order valence-corrected chi connectivity index (χ1v) is 17.0. The minimum atomic E-state index is 1.09. The van der Waals surface area contributed by atoms with Gasteiger partial charge in [-0.15, -0.1) is 0 Å². The van der Waals surface area contributed by atoms with Crippen LogP contribution in [-0.4, -0.2) is 9.97 Å². The Morgan fingerprint density at radius 2 is 0.540 bits per heavy atom. The van der Waals surface area contributed by atoms with E-state index in [9.17, 15) is 0 Å². The molecular weight excluding hydrogens is 605 g/mol. The van der Waals surface area contributed by atoms with E-state index in [0.29, 0.717) is 0 Å². The Morgan fingerprint density at radius 3 is 0.920 bits per heavy atom. The van der Waals surface area contributed by atoms with Crippen LogP contribution in [0.1, 0.15) is 0 Å². The van der Waals surface area contributed by atoms with Crippen molar-refractivity contribution in [3.05, 3.63) is 195 Å². The molecule has 0 radical (unpaired) electrons. The van der Waals surface area contributed by atoms with E-state index in [4.69, 9.17) is 0 Å². The summed E-state index contributed by atoms with van der Waals surface area (Å²) < 4.78 is 0. The van der Waals surface area contributed by atoms with Crippen molar-refractivity contribution in [1.82, 2.24) is 9.97 Å². The highest BCUT2D eigenvalue weighted by atomic mass is 14.6. The maximum absolute atomic E-state index is 4.68. The molecule has 0 aliphatic carbocycles. The van der Waals surface area contributed by atoms with Gasteiger partial charge in [0.15, 0.2) is 0 Å². The van der Waals surface area contributed by atoms with Crippen molar-refractivity contribution < 1.29 is 0 Å². The molecule has 0 saturated carbocycles. The number of benzene rings is 7. The summed E-state index contributed by atoms with van der Waals surface area (Å²) in [5, 5.41) is 4.86. The molecule has 2 heterocycles. The third-order valence-electron chi connectivity index (χ3n) is 9.60. The lowest BCUT2D eigenvalue weighted by Gasteiger charge is -2.20. The van der Waals surface area contributed by atoms with Crippen LogP contribution < -0.4 is 0 Å². The monoisotopic (exact) mass is 636 g/mol. The molecule has 0 amide bonds. The molecule has 0 spiro atoms. The van der Waals surface area contributed by atoms with E-state index < -0.39 is 0 Å². The summed E-state index contributed by atoms with van der Waals surface area (Å²) in [6, 6.07) is 60.8. The van der Waals surface area contributed by atoms with E-state index in [1.54, 1.807) is 0 Å². The summed E-state index contributed by atoms with van der Waals surface area (Å²) in [5.74, 6) is 0. The molecule has 0 aliphatic heterocycles. The maximum Gasteiger partial charge on any atom is 0.0346 e. The lowest BCUT2D eigenvalue weighted by Crippen LogP contribution is -1.93. The molecule has 0 saturated heterocycles. The fourth-order valence-electron chi connectivity index (χ4n) is 7.19. The molecule has 0 N–H and O–H groups in total. The molecule has 9 rings (SSSR count). The molecule has 0 aliphatic rings. The summed E-state index contributed by atoms with van der Waals surface area (Å²) in [6.45, 7) is 0. The highest BCUT2D eigenvalue weighted by molar-refractivity contribution is 6.22. The van der Waals surface area contributed by atoms with Crippen LogP contribution in [0.15, 0.2) is 195 Å². The first-order chi connectivity index (χ1) is 24.8. The van der Waals surface area contributed by atoms with Crippen molar-refractivity contribution in [2.45, 2.75) is 0 Å². The van der Waals surface area contributed by atoms with Crippen LogP contribution in [0.5, 0.6) is 0 Å². The van der Waals surface area contributed by atoms with Crippen molar-refractivity contribution in [2.75, 3.05) is 0 Å². The number of rotatable bonds is 6. The van der Waals surface area contributed by atoms with Crippen LogP contribution in [0.4, 0.5) is 0 Å². The molecule has 7 aromatic carbocycles. The van der Waals surface area contributed by atoms with Crippen LogP contribution in [0.25, 0.3) is 88.3 Å². The normalized spacial score (nSPS) is 11.2. The van der Waals surface area contributed by atoms with Gasteiger partial charge in [0.2, 0.25) is 0 Å². The molecular formula is C48H32N2. The Hall–Kier alpha value is -6.64. The van der Waals surface area contributed by atoms with Gasteiger partial charge < -0.3 is 0 Å². The number of pyridine rings is 2. The second-order valence-corrected chi connectivity index (χ2v) is 12.7. The van der Waals surface area contributed by atoms with Crippen LogP contribution in [0, 0.1) is 0 Å². The van der Waals surface area contributed by atoms with E-state index in [-0.39, 0.29) is 0 Å². The van der Waals surface area contributed by atoms with E-state index in [1.165, 1.54) is 43.8 Å². The van der Waals surface area contributed by atoms with Gasteiger partial charge in [0.25, 0.3) is 0 Å². The third-order valence-corrected chi connectivity index (χ3v) is 9.60. The molecule has 0 fully saturated rings. The van der Waals surface area contributed by atoms with Crippen molar-refractivity contribution in [3.63, 3.8) is 0 Å². The van der Waals surface area contributed by atoms with Gasteiger partial charge in [-0.1, -0.05) is 146 Å². The van der Waals surface area contributed by atoms with Crippen LogP contribution in [-0.2, 0) is 0 Å².